The van der Waals surface area contributed by atoms with Gasteiger partial charge in [0.25, 0.3) is 0 Å². The standard InChI is InChI=1S/C23H32F2N2O4/c1-16-13-26(14-17(2)30-16)15-19-8-10-27(11-9-19)22(28)7-5-18-4-6-20(31-23(24)25)21(12-18)29-3/h4-7,12,16-17,19,23H,8-11,13-15H2,1-3H3/b7-5+. The number of hydrogen-bond acceptors (Lipinski definition) is 5. The van der Waals surface area contributed by atoms with Gasteiger partial charge in [0.05, 0.1) is 19.3 Å². The van der Waals surface area contributed by atoms with Gasteiger partial charge < -0.3 is 19.1 Å². The maximum absolute atomic E-state index is 12.6. The molecule has 2 aliphatic heterocycles. The third kappa shape index (κ3) is 6.90. The zero-order chi connectivity index (χ0) is 22.4. The van der Waals surface area contributed by atoms with Crippen LogP contribution in [0.3, 0.4) is 0 Å². The first-order chi connectivity index (χ1) is 14.8. The molecule has 1 aromatic carbocycles. The van der Waals surface area contributed by atoms with Crippen molar-refractivity contribution in [2.75, 3.05) is 39.8 Å². The molecule has 2 atom stereocenters. The number of likely N-dealkylation sites (tertiary alicyclic amines) is 1. The highest BCUT2D eigenvalue weighted by atomic mass is 19.3. The number of carbonyl (C=O) groups excluding carboxylic acids is 1. The average molecular weight is 439 g/mol. The number of morpholine rings is 1. The van der Waals surface area contributed by atoms with E-state index >= 15 is 0 Å². The summed E-state index contributed by atoms with van der Waals surface area (Å²) in [6.07, 6.45) is 5.71. The van der Waals surface area contributed by atoms with Gasteiger partial charge in [-0.25, -0.2) is 0 Å². The van der Waals surface area contributed by atoms with E-state index in [1.165, 1.54) is 19.3 Å². The number of carbonyl (C=O) groups is 1. The van der Waals surface area contributed by atoms with Gasteiger partial charge in [0.2, 0.25) is 5.91 Å². The SMILES string of the molecule is COc1cc(/C=C/C(=O)N2CCC(CN3CC(C)OC(C)C3)CC2)ccc1OC(F)F. The molecule has 1 aromatic rings. The first-order valence-corrected chi connectivity index (χ1v) is 10.8. The second kappa shape index (κ2) is 10.9. The van der Waals surface area contributed by atoms with Gasteiger partial charge in [0, 0.05) is 38.8 Å². The number of hydrogen-bond donors (Lipinski definition) is 0. The van der Waals surface area contributed by atoms with Crippen molar-refractivity contribution in [3.8, 4) is 11.5 Å². The lowest BCUT2D eigenvalue weighted by Crippen LogP contribution is -2.48. The lowest BCUT2D eigenvalue weighted by atomic mass is 9.95. The topological polar surface area (TPSA) is 51.2 Å². The summed E-state index contributed by atoms with van der Waals surface area (Å²) in [5, 5.41) is 0. The van der Waals surface area contributed by atoms with Crippen LogP contribution in [0.1, 0.15) is 32.3 Å². The van der Waals surface area contributed by atoms with Crippen LogP contribution in [-0.2, 0) is 9.53 Å². The van der Waals surface area contributed by atoms with Crippen molar-refractivity contribution >= 4 is 12.0 Å². The number of nitrogens with zero attached hydrogens (tertiary/aromatic N) is 2. The Kier molecular flexibility index (Phi) is 8.26. The second-order valence-corrected chi connectivity index (χ2v) is 8.37. The molecule has 6 nitrogen and oxygen atoms in total. The number of methoxy groups -OCH3 is 1. The Morgan fingerprint density at radius 2 is 1.87 bits per heavy atom. The maximum Gasteiger partial charge on any atom is 0.387 e. The van der Waals surface area contributed by atoms with Crippen LogP contribution in [0.15, 0.2) is 24.3 Å². The van der Waals surface area contributed by atoms with Crippen LogP contribution in [0.2, 0.25) is 0 Å². The molecule has 0 N–H and O–H groups in total. The van der Waals surface area contributed by atoms with Gasteiger partial charge in [0.15, 0.2) is 11.5 Å². The van der Waals surface area contributed by atoms with Gasteiger partial charge in [-0.3, -0.25) is 9.69 Å². The first-order valence-electron chi connectivity index (χ1n) is 10.8. The third-order valence-corrected chi connectivity index (χ3v) is 5.76. The zero-order valence-corrected chi connectivity index (χ0v) is 18.4. The Labute approximate surface area is 182 Å². The molecule has 0 bridgehead atoms. The molecule has 0 spiro atoms. The van der Waals surface area contributed by atoms with Gasteiger partial charge in [0.1, 0.15) is 0 Å². The number of ether oxygens (including phenoxy) is 3. The lowest BCUT2D eigenvalue weighted by molar-refractivity contribution is -0.127. The highest BCUT2D eigenvalue weighted by molar-refractivity contribution is 5.91. The second-order valence-electron chi connectivity index (χ2n) is 8.37. The lowest BCUT2D eigenvalue weighted by Gasteiger charge is -2.39. The number of piperidine rings is 1. The first kappa shape index (κ1) is 23.5. The summed E-state index contributed by atoms with van der Waals surface area (Å²) in [6.45, 7) is 5.80. The average Bonchev–Trinajstić information content (AvgIpc) is 2.72. The summed E-state index contributed by atoms with van der Waals surface area (Å²) >= 11 is 0. The van der Waals surface area contributed by atoms with Crippen molar-refractivity contribution in [2.24, 2.45) is 5.92 Å². The van der Waals surface area contributed by atoms with E-state index in [-0.39, 0.29) is 29.6 Å². The molecule has 0 aliphatic carbocycles. The van der Waals surface area contributed by atoms with Crippen molar-refractivity contribution in [1.82, 2.24) is 9.80 Å². The van der Waals surface area contributed by atoms with Crippen LogP contribution in [-0.4, -0.2) is 74.4 Å². The van der Waals surface area contributed by atoms with Gasteiger partial charge >= 0.3 is 6.61 Å². The molecule has 172 valence electrons. The zero-order valence-electron chi connectivity index (χ0n) is 18.4. The van der Waals surface area contributed by atoms with Crippen LogP contribution in [0.4, 0.5) is 8.78 Å². The predicted molar refractivity (Wildman–Crippen MR) is 114 cm³/mol. The minimum absolute atomic E-state index is 0.0351. The van der Waals surface area contributed by atoms with E-state index in [0.717, 1.165) is 45.6 Å². The van der Waals surface area contributed by atoms with E-state index in [0.29, 0.717) is 11.5 Å². The summed E-state index contributed by atoms with van der Waals surface area (Å²) < 4.78 is 40.2. The Hall–Kier alpha value is -2.19. The molecule has 0 radical (unpaired) electrons. The molecule has 2 aliphatic rings. The Bertz CT molecular complexity index is 756. The van der Waals surface area contributed by atoms with Crippen molar-refractivity contribution in [1.29, 1.82) is 0 Å². The van der Waals surface area contributed by atoms with E-state index in [4.69, 9.17) is 9.47 Å². The molecule has 3 rings (SSSR count). The molecular formula is C23H32F2N2O4. The highest BCUT2D eigenvalue weighted by Crippen LogP contribution is 2.30. The highest BCUT2D eigenvalue weighted by Gasteiger charge is 2.27. The van der Waals surface area contributed by atoms with Gasteiger partial charge in [-0.15, -0.1) is 0 Å². The van der Waals surface area contributed by atoms with Crippen LogP contribution < -0.4 is 9.47 Å². The Morgan fingerprint density at radius 3 is 2.48 bits per heavy atom. The summed E-state index contributed by atoms with van der Waals surface area (Å²) in [5.74, 6) is 0.714. The Balaban J connectivity index is 1.49. The van der Waals surface area contributed by atoms with Crippen LogP contribution in [0.5, 0.6) is 11.5 Å². The van der Waals surface area contributed by atoms with Crippen LogP contribution in [0, 0.1) is 5.92 Å². The van der Waals surface area contributed by atoms with Crippen molar-refractivity contribution in [3.63, 3.8) is 0 Å². The fourth-order valence-corrected chi connectivity index (χ4v) is 4.39. The number of amides is 1. The van der Waals surface area contributed by atoms with Gasteiger partial charge in [-0.1, -0.05) is 6.07 Å². The number of rotatable bonds is 7. The molecule has 8 heteroatoms. The van der Waals surface area contributed by atoms with E-state index in [9.17, 15) is 13.6 Å². The number of benzene rings is 1. The monoisotopic (exact) mass is 438 g/mol. The molecule has 2 heterocycles. The summed E-state index contributed by atoms with van der Waals surface area (Å²) in [6, 6.07) is 4.59. The number of alkyl halides is 2. The maximum atomic E-state index is 12.6. The fourth-order valence-electron chi connectivity index (χ4n) is 4.39. The third-order valence-electron chi connectivity index (χ3n) is 5.76. The molecule has 1 amide bonds. The van der Waals surface area contributed by atoms with Crippen molar-refractivity contribution in [3.05, 3.63) is 29.8 Å². The van der Waals surface area contributed by atoms with E-state index in [1.54, 1.807) is 18.2 Å². The molecule has 31 heavy (non-hydrogen) atoms. The van der Waals surface area contributed by atoms with Crippen molar-refractivity contribution in [2.45, 2.75) is 45.5 Å². The molecule has 2 saturated heterocycles. The minimum atomic E-state index is -2.92. The van der Waals surface area contributed by atoms with Crippen LogP contribution in [0.25, 0.3) is 6.08 Å². The smallest absolute Gasteiger partial charge is 0.387 e. The molecule has 2 fully saturated rings. The Morgan fingerprint density at radius 1 is 1.19 bits per heavy atom. The predicted octanol–water partition coefficient (Wildman–Crippen LogP) is 3.66. The summed E-state index contributed by atoms with van der Waals surface area (Å²) in [5.41, 5.74) is 0.678. The number of halogens is 2. The summed E-state index contributed by atoms with van der Waals surface area (Å²) in [7, 11) is 1.38. The fraction of sp³-hybridized carbons (Fsp3) is 0.609. The summed E-state index contributed by atoms with van der Waals surface area (Å²) in [4.78, 5) is 16.9. The largest absolute Gasteiger partial charge is 0.493 e. The molecule has 0 saturated carbocycles. The molecular weight excluding hydrogens is 406 g/mol. The van der Waals surface area contributed by atoms with Gasteiger partial charge in [-0.2, -0.15) is 8.78 Å². The van der Waals surface area contributed by atoms with Gasteiger partial charge in [-0.05, 0) is 56.4 Å². The van der Waals surface area contributed by atoms with E-state index in [2.05, 4.69) is 23.5 Å². The molecule has 2 unspecified atom stereocenters. The van der Waals surface area contributed by atoms with Crippen molar-refractivity contribution < 1.29 is 27.8 Å². The van der Waals surface area contributed by atoms with E-state index in [1.807, 2.05) is 4.90 Å². The quantitative estimate of drug-likeness (QED) is 0.609. The normalized spacial score (nSPS) is 23.5. The van der Waals surface area contributed by atoms with Crippen LogP contribution >= 0.6 is 0 Å². The van der Waals surface area contributed by atoms with E-state index < -0.39 is 6.61 Å². The molecule has 0 aromatic heterocycles. The minimum Gasteiger partial charge on any atom is -0.493 e.